The van der Waals surface area contributed by atoms with E-state index in [1.54, 1.807) is 11.8 Å². The Labute approximate surface area is 111 Å². The Hall–Kier alpha value is -2.05. The van der Waals surface area contributed by atoms with Gasteiger partial charge in [-0.05, 0) is 19.8 Å². The molecule has 0 aliphatic carbocycles. The number of nitrogens with zero attached hydrogens (tertiary/aromatic N) is 1. The van der Waals surface area contributed by atoms with Crippen LogP contribution < -0.4 is 5.32 Å². The highest BCUT2D eigenvalue weighted by atomic mass is 16.6. The molecule has 0 spiro atoms. The molecule has 2 amide bonds. The molecule has 0 unspecified atom stereocenters. The molecule has 0 atom stereocenters. The fraction of sp³-hybridized carbons (Fsp3) is 0.583. The van der Waals surface area contributed by atoms with Crippen LogP contribution in [0.2, 0.25) is 0 Å². The number of nitrogens with one attached hydrogen (secondary N) is 1. The molecule has 7 heteroatoms. The number of rotatable bonds is 4. The first-order chi connectivity index (χ1) is 9.02. The molecule has 19 heavy (non-hydrogen) atoms. The number of ether oxygens (including phenoxy) is 1. The third-order valence-electron chi connectivity index (χ3n) is 2.74. The second-order valence-electron chi connectivity index (χ2n) is 4.14. The van der Waals surface area contributed by atoms with Crippen molar-refractivity contribution in [3.63, 3.8) is 0 Å². The Morgan fingerprint density at radius 3 is 2.47 bits per heavy atom. The van der Waals surface area contributed by atoms with Gasteiger partial charge in [-0.2, -0.15) is 0 Å². The van der Waals surface area contributed by atoms with Crippen molar-refractivity contribution in [3.05, 3.63) is 12.2 Å². The fourth-order valence-electron chi connectivity index (χ4n) is 1.82. The van der Waals surface area contributed by atoms with Crippen LogP contribution >= 0.6 is 0 Å². The number of carboxylic acid groups (broad SMARTS) is 1. The summed E-state index contributed by atoms with van der Waals surface area (Å²) in [6.45, 7) is 3.13. The third kappa shape index (κ3) is 5.41. The van der Waals surface area contributed by atoms with E-state index in [-0.39, 0.29) is 12.1 Å². The monoisotopic (exact) mass is 270 g/mol. The van der Waals surface area contributed by atoms with Crippen LogP contribution in [0.5, 0.6) is 0 Å². The summed E-state index contributed by atoms with van der Waals surface area (Å²) in [6.07, 6.45) is 2.71. The van der Waals surface area contributed by atoms with Crippen molar-refractivity contribution in [2.75, 3.05) is 19.7 Å². The van der Waals surface area contributed by atoms with E-state index >= 15 is 0 Å². The normalized spacial score (nSPS) is 16.4. The lowest BCUT2D eigenvalue weighted by molar-refractivity contribution is -0.131. The largest absolute Gasteiger partial charge is 0.478 e. The van der Waals surface area contributed by atoms with E-state index in [4.69, 9.17) is 9.84 Å². The molecule has 0 saturated carbocycles. The Morgan fingerprint density at radius 1 is 1.32 bits per heavy atom. The molecule has 1 heterocycles. The summed E-state index contributed by atoms with van der Waals surface area (Å²) in [6, 6.07) is -0.0448. The molecule has 106 valence electrons. The Balaban J connectivity index is 2.32. The highest BCUT2D eigenvalue weighted by Crippen LogP contribution is 2.11. The average molecular weight is 270 g/mol. The van der Waals surface area contributed by atoms with Gasteiger partial charge in [0.25, 0.3) is 0 Å². The Kier molecular flexibility index (Phi) is 5.84. The van der Waals surface area contributed by atoms with Gasteiger partial charge in [0, 0.05) is 31.3 Å². The molecule has 7 nitrogen and oxygen atoms in total. The van der Waals surface area contributed by atoms with Gasteiger partial charge in [-0.1, -0.05) is 0 Å². The van der Waals surface area contributed by atoms with Crippen LogP contribution in [0.3, 0.4) is 0 Å². The number of hydrogen-bond donors (Lipinski definition) is 2. The summed E-state index contributed by atoms with van der Waals surface area (Å²) >= 11 is 0. The Morgan fingerprint density at radius 2 is 1.95 bits per heavy atom. The smallest absolute Gasteiger partial charge is 0.409 e. The number of carbonyl (C=O) groups excluding carboxylic acids is 2. The van der Waals surface area contributed by atoms with Gasteiger partial charge in [-0.3, -0.25) is 4.79 Å². The molecular weight excluding hydrogens is 252 g/mol. The molecule has 0 aromatic heterocycles. The predicted molar refractivity (Wildman–Crippen MR) is 66.5 cm³/mol. The molecule has 0 aromatic rings. The SMILES string of the molecule is CCOC(=O)N1CCC(NC(=O)/C=C/C(=O)O)CC1. The summed E-state index contributed by atoms with van der Waals surface area (Å²) in [5, 5.41) is 11.1. The highest BCUT2D eigenvalue weighted by molar-refractivity contribution is 5.94. The van der Waals surface area contributed by atoms with Gasteiger partial charge in [0.2, 0.25) is 5.91 Å². The first-order valence-corrected chi connectivity index (χ1v) is 6.16. The van der Waals surface area contributed by atoms with Gasteiger partial charge in [0.1, 0.15) is 0 Å². The molecule has 1 aliphatic rings. The second-order valence-corrected chi connectivity index (χ2v) is 4.14. The maximum absolute atomic E-state index is 11.4. The van der Waals surface area contributed by atoms with Crippen molar-refractivity contribution in [3.8, 4) is 0 Å². The van der Waals surface area contributed by atoms with Crippen molar-refractivity contribution in [1.82, 2.24) is 10.2 Å². The van der Waals surface area contributed by atoms with Crippen LogP contribution in [0.25, 0.3) is 0 Å². The zero-order valence-electron chi connectivity index (χ0n) is 10.8. The molecule has 1 aliphatic heterocycles. The fourth-order valence-corrected chi connectivity index (χ4v) is 1.82. The minimum atomic E-state index is -1.16. The first kappa shape index (κ1) is 15.0. The van der Waals surface area contributed by atoms with E-state index in [1.165, 1.54) is 0 Å². The van der Waals surface area contributed by atoms with Gasteiger partial charge < -0.3 is 20.1 Å². The summed E-state index contributed by atoms with van der Waals surface area (Å²) in [5.74, 6) is -1.59. The predicted octanol–water partition coefficient (Wildman–Crippen LogP) is 0.364. The third-order valence-corrected chi connectivity index (χ3v) is 2.74. The van der Waals surface area contributed by atoms with E-state index in [2.05, 4.69) is 5.32 Å². The zero-order valence-corrected chi connectivity index (χ0v) is 10.8. The maximum Gasteiger partial charge on any atom is 0.409 e. The summed E-state index contributed by atoms with van der Waals surface area (Å²) in [7, 11) is 0. The van der Waals surface area contributed by atoms with Crippen molar-refractivity contribution >= 4 is 18.0 Å². The molecule has 0 bridgehead atoms. The molecular formula is C12H18N2O5. The van der Waals surface area contributed by atoms with Crippen molar-refractivity contribution in [2.45, 2.75) is 25.8 Å². The summed E-state index contributed by atoms with van der Waals surface area (Å²) in [5.41, 5.74) is 0. The van der Waals surface area contributed by atoms with E-state index in [1.807, 2.05) is 0 Å². The standard InChI is InChI=1S/C12H18N2O5/c1-2-19-12(18)14-7-5-9(6-8-14)13-10(15)3-4-11(16)17/h3-4,9H,2,5-8H2,1H3,(H,13,15)(H,16,17)/b4-3+. The molecule has 1 rings (SSSR count). The van der Waals surface area contributed by atoms with Gasteiger partial charge in [-0.25, -0.2) is 9.59 Å². The average Bonchev–Trinajstić information content (AvgIpc) is 2.37. The van der Waals surface area contributed by atoms with Crippen molar-refractivity contribution < 1.29 is 24.2 Å². The van der Waals surface area contributed by atoms with E-state index in [0.717, 1.165) is 12.2 Å². The molecule has 0 radical (unpaired) electrons. The van der Waals surface area contributed by atoms with Crippen LogP contribution in [0.4, 0.5) is 4.79 Å². The van der Waals surface area contributed by atoms with E-state index in [9.17, 15) is 14.4 Å². The minimum Gasteiger partial charge on any atom is -0.478 e. The molecule has 1 fully saturated rings. The minimum absolute atomic E-state index is 0.0448. The number of likely N-dealkylation sites (tertiary alicyclic amines) is 1. The highest BCUT2D eigenvalue weighted by Gasteiger charge is 2.23. The number of carbonyl (C=O) groups is 3. The lowest BCUT2D eigenvalue weighted by Gasteiger charge is -2.31. The first-order valence-electron chi connectivity index (χ1n) is 6.16. The van der Waals surface area contributed by atoms with Gasteiger partial charge in [0.05, 0.1) is 6.61 Å². The second kappa shape index (κ2) is 7.40. The van der Waals surface area contributed by atoms with Crippen molar-refractivity contribution in [1.29, 1.82) is 0 Å². The zero-order chi connectivity index (χ0) is 14.3. The van der Waals surface area contributed by atoms with Gasteiger partial charge in [0.15, 0.2) is 0 Å². The van der Waals surface area contributed by atoms with Crippen LogP contribution in [0.15, 0.2) is 12.2 Å². The molecule has 1 saturated heterocycles. The summed E-state index contributed by atoms with van der Waals surface area (Å²) < 4.78 is 4.89. The van der Waals surface area contributed by atoms with E-state index in [0.29, 0.717) is 32.5 Å². The molecule has 0 aromatic carbocycles. The van der Waals surface area contributed by atoms with Crippen LogP contribution in [-0.2, 0) is 14.3 Å². The number of amides is 2. The van der Waals surface area contributed by atoms with Crippen LogP contribution in [0, 0.1) is 0 Å². The Bertz CT molecular complexity index is 372. The number of carboxylic acids is 1. The van der Waals surface area contributed by atoms with Gasteiger partial charge in [-0.15, -0.1) is 0 Å². The van der Waals surface area contributed by atoms with Gasteiger partial charge >= 0.3 is 12.1 Å². The molecule has 2 N–H and O–H groups in total. The number of hydrogen-bond acceptors (Lipinski definition) is 4. The van der Waals surface area contributed by atoms with Crippen molar-refractivity contribution in [2.24, 2.45) is 0 Å². The lowest BCUT2D eigenvalue weighted by Crippen LogP contribution is -2.46. The van der Waals surface area contributed by atoms with Crippen LogP contribution in [-0.4, -0.2) is 53.7 Å². The number of aliphatic carboxylic acids is 1. The quantitative estimate of drug-likeness (QED) is 0.719. The lowest BCUT2D eigenvalue weighted by atomic mass is 10.1. The van der Waals surface area contributed by atoms with E-state index < -0.39 is 11.9 Å². The maximum atomic E-state index is 11.4. The summed E-state index contributed by atoms with van der Waals surface area (Å²) in [4.78, 5) is 34.7. The van der Waals surface area contributed by atoms with Crippen LogP contribution in [0.1, 0.15) is 19.8 Å². The topological polar surface area (TPSA) is 95.9 Å². The number of piperidine rings is 1.